The molecular weight excluding hydrogens is 352 g/mol. The molecule has 0 aliphatic carbocycles. The number of phenolic OH excluding ortho intramolecular Hbond substituents is 1. The highest BCUT2D eigenvalue weighted by Gasteiger charge is 2.37. The molecule has 0 spiro atoms. The van der Waals surface area contributed by atoms with E-state index in [0.717, 1.165) is 0 Å². The van der Waals surface area contributed by atoms with Gasteiger partial charge in [0, 0.05) is 32.9 Å². The highest BCUT2D eigenvalue weighted by Crippen LogP contribution is 2.31. The molecule has 2 aromatic rings. The van der Waals surface area contributed by atoms with Crippen LogP contribution in [0.15, 0.2) is 48.5 Å². The number of hydrogen-bond donors (Lipinski definition) is 1. The summed E-state index contributed by atoms with van der Waals surface area (Å²) in [5.74, 6) is -0.327. The zero-order valence-corrected chi connectivity index (χ0v) is 16.2. The topological polar surface area (TPSA) is 74.2 Å². The molecule has 2 aromatic carbocycles. The van der Waals surface area contributed by atoms with Gasteiger partial charge in [-0.15, -0.1) is 0 Å². The number of carbonyl (C=O) groups is 1. The van der Waals surface area contributed by atoms with Crippen molar-refractivity contribution in [2.75, 3.05) is 27.9 Å². The number of phenols is 1. The number of para-hydroxylation sites is 1. The van der Waals surface area contributed by atoms with Gasteiger partial charge in [-0.25, -0.2) is 4.79 Å². The lowest BCUT2D eigenvalue weighted by Crippen LogP contribution is -2.42. The molecule has 7 heteroatoms. The minimum absolute atomic E-state index is 0.115. The fourth-order valence-electron chi connectivity index (χ4n) is 2.68. The first-order valence-corrected chi connectivity index (χ1v) is 10.2. The van der Waals surface area contributed by atoms with Crippen molar-refractivity contribution in [1.29, 1.82) is 0 Å². The molecule has 0 saturated heterocycles. The van der Waals surface area contributed by atoms with Crippen LogP contribution in [-0.4, -0.2) is 47.8 Å². The first kappa shape index (κ1) is 20.1. The van der Waals surface area contributed by atoms with Gasteiger partial charge in [0.1, 0.15) is 5.75 Å². The fourth-order valence-corrected chi connectivity index (χ4v) is 4.37. The van der Waals surface area contributed by atoms with Gasteiger partial charge in [-0.1, -0.05) is 36.4 Å². The Bertz CT molecular complexity index is 721. The molecule has 0 fully saturated rings. The van der Waals surface area contributed by atoms with Crippen molar-refractivity contribution in [1.82, 2.24) is 0 Å². The number of benzene rings is 2. The zero-order valence-electron chi connectivity index (χ0n) is 15.2. The Morgan fingerprint density at radius 1 is 0.923 bits per heavy atom. The summed E-state index contributed by atoms with van der Waals surface area (Å²) in [5, 5.41) is 10.1. The van der Waals surface area contributed by atoms with Crippen LogP contribution in [0.2, 0.25) is 6.04 Å². The smallest absolute Gasteiger partial charge is 0.500 e. The van der Waals surface area contributed by atoms with Crippen LogP contribution in [0.3, 0.4) is 0 Å². The minimum atomic E-state index is -2.66. The van der Waals surface area contributed by atoms with Crippen LogP contribution in [0.1, 0.15) is 16.8 Å². The predicted octanol–water partition coefficient (Wildman–Crippen LogP) is 3.48. The molecule has 1 N–H and O–H groups in total. The Balaban J connectivity index is 2.04. The van der Waals surface area contributed by atoms with E-state index in [4.69, 9.17) is 18.0 Å². The summed E-state index contributed by atoms with van der Waals surface area (Å²) in [6.45, 7) is 0.221. The lowest BCUT2D eigenvalue weighted by molar-refractivity contribution is 0.0494. The number of esters is 1. The Labute approximate surface area is 154 Å². The van der Waals surface area contributed by atoms with Crippen LogP contribution >= 0.6 is 0 Å². The molecule has 0 heterocycles. The molecule has 140 valence electrons. The molecule has 0 amide bonds. The molecule has 0 unspecified atom stereocenters. The Kier molecular flexibility index (Phi) is 7.34. The summed E-state index contributed by atoms with van der Waals surface area (Å²) in [7, 11) is 1.98. The molecule has 0 radical (unpaired) electrons. The maximum Gasteiger partial charge on any atom is 0.500 e. The maximum atomic E-state index is 12.5. The second kappa shape index (κ2) is 9.49. The van der Waals surface area contributed by atoms with Crippen molar-refractivity contribution in [3.8, 4) is 16.9 Å². The summed E-state index contributed by atoms with van der Waals surface area (Å²) in [6, 6.07) is 14.5. The average Bonchev–Trinajstić information content (AvgIpc) is 2.69. The van der Waals surface area contributed by atoms with E-state index in [9.17, 15) is 9.90 Å². The Morgan fingerprint density at radius 2 is 1.50 bits per heavy atom. The van der Waals surface area contributed by atoms with E-state index in [2.05, 4.69) is 0 Å². The monoisotopic (exact) mass is 376 g/mol. The van der Waals surface area contributed by atoms with Gasteiger partial charge in [0.15, 0.2) is 0 Å². The van der Waals surface area contributed by atoms with Crippen LogP contribution in [0.4, 0.5) is 0 Å². The molecular formula is C19H24O6Si. The molecule has 26 heavy (non-hydrogen) atoms. The van der Waals surface area contributed by atoms with E-state index in [1.807, 2.05) is 12.1 Å². The summed E-state index contributed by atoms with van der Waals surface area (Å²) in [4.78, 5) is 12.5. The number of aromatic hydroxyl groups is 1. The summed E-state index contributed by atoms with van der Waals surface area (Å²) >= 11 is 0. The molecule has 0 bridgehead atoms. The van der Waals surface area contributed by atoms with Crippen molar-refractivity contribution in [2.24, 2.45) is 0 Å². The van der Waals surface area contributed by atoms with Crippen LogP contribution < -0.4 is 0 Å². The van der Waals surface area contributed by atoms with E-state index in [1.165, 1.54) is 0 Å². The summed E-state index contributed by atoms with van der Waals surface area (Å²) in [6.07, 6.45) is 0.562. The van der Waals surface area contributed by atoms with Gasteiger partial charge in [0.2, 0.25) is 0 Å². The van der Waals surface area contributed by atoms with E-state index < -0.39 is 14.8 Å². The third kappa shape index (κ3) is 4.70. The average molecular weight is 376 g/mol. The second-order valence-corrected chi connectivity index (χ2v) is 8.69. The SMILES string of the molecule is CO[Si](CCCOC(=O)c1ccccc1-c1ccccc1O)(OC)OC. The highest BCUT2D eigenvalue weighted by molar-refractivity contribution is 6.60. The van der Waals surface area contributed by atoms with Crippen molar-refractivity contribution < 1.29 is 27.9 Å². The van der Waals surface area contributed by atoms with E-state index in [0.29, 0.717) is 29.2 Å². The molecule has 0 atom stereocenters. The third-order valence-corrected chi connectivity index (χ3v) is 6.97. The predicted molar refractivity (Wildman–Crippen MR) is 100 cm³/mol. The Hall–Kier alpha value is -2.19. The zero-order chi connectivity index (χ0) is 19.0. The van der Waals surface area contributed by atoms with Gasteiger partial charge in [-0.3, -0.25) is 0 Å². The standard InChI is InChI=1S/C19H24O6Si/c1-22-26(23-2,24-3)14-8-13-25-19(21)17-11-5-4-9-15(17)16-10-6-7-12-18(16)20/h4-7,9-12,20H,8,13-14H2,1-3H3. The highest BCUT2D eigenvalue weighted by atomic mass is 28.4. The molecule has 0 aliphatic heterocycles. The maximum absolute atomic E-state index is 12.5. The van der Waals surface area contributed by atoms with Crippen LogP contribution in [0.25, 0.3) is 11.1 Å². The largest absolute Gasteiger partial charge is 0.507 e. The van der Waals surface area contributed by atoms with Gasteiger partial charge in [0.05, 0.1) is 12.2 Å². The van der Waals surface area contributed by atoms with Crippen LogP contribution in [0.5, 0.6) is 5.75 Å². The quantitative estimate of drug-likeness (QED) is 0.410. The lowest BCUT2D eigenvalue weighted by Gasteiger charge is -2.24. The number of ether oxygens (including phenoxy) is 1. The van der Waals surface area contributed by atoms with E-state index >= 15 is 0 Å². The van der Waals surface area contributed by atoms with Gasteiger partial charge in [-0.2, -0.15) is 0 Å². The van der Waals surface area contributed by atoms with Crippen LogP contribution in [-0.2, 0) is 18.0 Å². The summed E-state index contributed by atoms with van der Waals surface area (Å²) in [5.41, 5.74) is 1.62. The molecule has 0 aliphatic rings. The van der Waals surface area contributed by atoms with Gasteiger partial charge >= 0.3 is 14.8 Å². The van der Waals surface area contributed by atoms with Crippen LogP contribution in [0, 0.1) is 0 Å². The van der Waals surface area contributed by atoms with E-state index in [-0.39, 0.29) is 12.4 Å². The fraction of sp³-hybridized carbons (Fsp3) is 0.316. The van der Waals surface area contributed by atoms with Crippen molar-refractivity contribution in [2.45, 2.75) is 12.5 Å². The van der Waals surface area contributed by atoms with Crippen molar-refractivity contribution >= 4 is 14.8 Å². The first-order chi connectivity index (χ1) is 12.6. The van der Waals surface area contributed by atoms with Crippen molar-refractivity contribution in [3.05, 3.63) is 54.1 Å². The first-order valence-electron chi connectivity index (χ1n) is 8.27. The van der Waals surface area contributed by atoms with Crippen molar-refractivity contribution in [3.63, 3.8) is 0 Å². The second-order valence-electron chi connectivity index (χ2n) is 5.60. The molecule has 0 saturated carbocycles. The summed E-state index contributed by atoms with van der Waals surface area (Å²) < 4.78 is 21.4. The molecule has 2 rings (SSSR count). The lowest BCUT2D eigenvalue weighted by atomic mass is 9.99. The minimum Gasteiger partial charge on any atom is -0.507 e. The number of hydrogen-bond acceptors (Lipinski definition) is 6. The molecule has 6 nitrogen and oxygen atoms in total. The van der Waals surface area contributed by atoms with Gasteiger partial charge in [0.25, 0.3) is 0 Å². The normalized spacial score (nSPS) is 11.3. The van der Waals surface area contributed by atoms with Gasteiger partial charge in [-0.05, 0) is 24.1 Å². The van der Waals surface area contributed by atoms with E-state index in [1.54, 1.807) is 57.7 Å². The third-order valence-electron chi connectivity index (χ3n) is 4.13. The number of rotatable bonds is 9. The Morgan fingerprint density at radius 3 is 2.12 bits per heavy atom. The number of carbonyl (C=O) groups excluding carboxylic acids is 1. The molecule has 0 aromatic heterocycles. The van der Waals surface area contributed by atoms with Gasteiger partial charge < -0.3 is 23.1 Å².